The first kappa shape index (κ1) is 15.6. The number of hydrogen-bond acceptors (Lipinski definition) is 4. The second-order valence-corrected chi connectivity index (χ2v) is 7.21. The number of aromatic amines is 1. The lowest BCUT2D eigenvalue weighted by atomic mass is 9.80. The summed E-state index contributed by atoms with van der Waals surface area (Å²) in [7, 11) is 0. The molecule has 0 amide bonds. The number of aromatic nitrogens is 4. The summed E-state index contributed by atoms with van der Waals surface area (Å²) in [6.45, 7) is 10.0. The Bertz CT molecular complexity index is 821. The van der Waals surface area contributed by atoms with Crippen LogP contribution in [0, 0.1) is 19.8 Å². The average Bonchev–Trinajstić information content (AvgIpc) is 3.11. The summed E-state index contributed by atoms with van der Waals surface area (Å²) in [5.41, 5.74) is 4.47. The minimum atomic E-state index is 0.0643. The number of likely N-dealkylation sites (tertiary alicyclic amines) is 1. The molecular formula is C18H25N5O. The molecular weight excluding hydrogens is 302 g/mol. The van der Waals surface area contributed by atoms with E-state index in [0.717, 1.165) is 61.8 Å². The van der Waals surface area contributed by atoms with Gasteiger partial charge in [0.05, 0.1) is 11.4 Å². The maximum Gasteiger partial charge on any atom is 0.254 e. The van der Waals surface area contributed by atoms with Crippen molar-refractivity contribution in [2.75, 3.05) is 13.1 Å². The van der Waals surface area contributed by atoms with Crippen LogP contribution < -0.4 is 5.56 Å². The molecule has 128 valence electrons. The maximum absolute atomic E-state index is 12.2. The van der Waals surface area contributed by atoms with Crippen LogP contribution in [0.3, 0.4) is 0 Å². The van der Waals surface area contributed by atoms with Crippen molar-refractivity contribution < 1.29 is 0 Å². The van der Waals surface area contributed by atoms with Crippen LogP contribution in [0.5, 0.6) is 0 Å². The quantitative estimate of drug-likeness (QED) is 0.933. The summed E-state index contributed by atoms with van der Waals surface area (Å²) in [5.74, 6) is 1.75. The summed E-state index contributed by atoms with van der Waals surface area (Å²) < 4.78 is 2.01. The van der Waals surface area contributed by atoms with Crippen LogP contribution in [0.1, 0.15) is 47.6 Å². The molecule has 2 aliphatic rings. The van der Waals surface area contributed by atoms with E-state index in [1.54, 1.807) is 0 Å². The molecule has 0 bridgehead atoms. The van der Waals surface area contributed by atoms with Gasteiger partial charge in [0.2, 0.25) is 0 Å². The van der Waals surface area contributed by atoms with Crippen molar-refractivity contribution in [3.05, 3.63) is 44.9 Å². The van der Waals surface area contributed by atoms with Gasteiger partial charge in [-0.3, -0.25) is 14.4 Å². The van der Waals surface area contributed by atoms with Gasteiger partial charge >= 0.3 is 0 Å². The first-order valence-electron chi connectivity index (χ1n) is 8.90. The second kappa shape index (κ2) is 5.84. The van der Waals surface area contributed by atoms with Gasteiger partial charge in [0.1, 0.15) is 5.82 Å². The Morgan fingerprint density at radius 3 is 2.92 bits per heavy atom. The second-order valence-electron chi connectivity index (χ2n) is 7.21. The SMILES string of the molecule is CCn1cc(CN2C[C@H]3CCc4c(nc(C)[nH]c4=O)[C@H]3C2)c(C)n1. The molecule has 1 saturated heterocycles. The zero-order valence-corrected chi connectivity index (χ0v) is 14.7. The molecule has 0 saturated carbocycles. The van der Waals surface area contributed by atoms with Gasteiger partial charge in [0.15, 0.2) is 0 Å². The highest BCUT2D eigenvalue weighted by molar-refractivity contribution is 5.28. The van der Waals surface area contributed by atoms with Crippen LogP contribution in [0.4, 0.5) is 0 Å². The third-order valence-electron chi connectivity index (χ3n) is 5.56. The van der Waals surface area contributed by atoms with Crippen molar-refractivity contribution in [2.24, 2.45) is 5.92 Å². The van der Waals surface area contributed by atoms with E-state index in [-0.39, 0.29) is 5.56 Å². The van der Waals surface area contributed by atoms with E-state index in [1.807, 2.05) is 11.6 Å². The molecule has 4 rings (SSSR count). The molecule has 2 aromatic rings. The topological polar surface area (TPSA) is 66.8 Å². The van der Waals surface area contributed by atoms with Gasteiger partial charge in [-0.2, -0.15) is 5.10 Å². The predicted molar refractivity (Wildman–Crippen MR) is 92.1 cm³/mol. The molecule has 1 aliphatic heterocycles. The van der Waals surface area contributed by atoms with Crippen LogP contribution in [0.15, 0.2) is 11.0 Å². The van der Waals surface area contributed by atoms with E-state index in [9.17, 15) is 4.79 Å². The first-order chi connectivity index (χ1) is 11.5. The summed E-state index contributed by atoms with van der Waals surface area (Å²) in [4.78, 5) is 22.3. The van der Waals surface area contributed by atoms with Crippen molar-refractivity contribution >= 4 is 0 Å². The first-order valence-corrected chi connectivity index (χ1v) is 8.90. The van der Waals surface area contributed by atoms with Gasteiger partial charge in [0.25, 0.3) is 5.56 Å². The largest absolute Gasteiger partial charge is 0.311 e. The van der Waals surface area contributed by atoms with Gasteiger partial charge in [0, 0.05) is 49.4 Å². The fraction of sp³-hybridized carbons (Fsp3) is 0.611. The fourth-order valence-electron chi connectivity index (χ4n) is 4.32. The summed E-state index contributed by atoms with van der Waals surface area (Å²) >= 11 is 0. The number of hydrogen-bond donors (Lipinski definition) is 1. The molecule has 6 heteroatoms. The standard InChI is InChI=1S/C18H25N5O/c1-4-23-9-14(11(2)21-23)8-22-7-13-5-6-15-17(16(13)10-22)19-12(3)20-18(15)24/h9,13,16H,4-8,10H2,1-3H3,(H,19,20,24)/t13-,16+/m1/s1. The molecule has 24 heavy (non-hydrogen) atoms. The number of nitrogens with zero attached hydrogens (tertiary/aromatic N) is 4. The molecule has 1 fully saturated rings. The molecule has 0 radical (unpaired) electrons. The van der Waals surface area contributed by atoms with Crippen LogP contribution in [0.2, 0.25) is 0 Å². The van der Waals surface area contributed by atoms with Gasteiger partial charge in [-0.05, 0) is 39.5 Å². The van der Waals surface area contributed by atoms with Crippen LogP contribution in [0.25, 0.3) is 0 Å². The molecule has 1 N–H and O–H groups in total. The van der Waals surface area contributed by atoms with Gasteiger partial charge in [-0.15, -0.1) is 0 Å². The van der Waals surface area contributed by atoms with Crippen molar-refractivity contribution in [3.8, 4) is 0 Å². The summed E-state index contributed by atoms with van der Waals surface area (Å²) in [5, 5.41) is 4.55. The third kappa shape index (κ3) is 2.59. The van der Waals surface area contributed by atoms with Crippen molar-refractivity contribution in [1.82, 2.24) is 24.6 Å². The average molecular weight is 327 g/mol. The summed E-state index contributed by atoms with van der Waals surface area (Å²) in [6.07, 6.45) is 4.12. The van der Waals surface area contributed by atoms with E-state index in [1.165, 1.54) is 5.56 Å². The van der Waals surface area contributed by atoms with Crippen LogP contribution in [-0.4, -0.2) is 37.7 Å². The van der Waals surface area contributed by atoms with Gasteiger partial charge in [-0.1, -0.05) is 0 Å². The van der Waals surface area contributed by atoms with E-state index >= 15 is 0 Å². The van der Waals surface area contributed by atoms with Gasteiger partial charge < -0.3 is 4.98 Å². The normalized spacial score (nSPS) is 23.3. The lowest BCUT2D eigenvalue weighted by Crippen LogP contribution is -2.28. The highest BCUT2D eigenvalue weighted by atomic mass is 16.1. The molecule has 0 spiro atoms. The highest BCUT2D eigenvalue weighted by Gasteiger charge is 2.39. The summed E-state index contributed by atoms with van der Waals surface area (Å²) in [6, 6.07) is 0. The number of aryl methyl sites for hydroxylation is 3. The van der Waals surface area contributed by atoms with Crippen molar-refractivity contribution in [2.45, 2.75) is 52.6 Å². The van der Waals surface area contributed by atoms with Crippen molar-refractivity contribution in [1.29, 1.82) is 0 Å². The van der Waals surface area contributed by atoms with Crippen LogP contribution in [-0.2, 0) is 19.5 Å². The Morgan fingerprint density at radius 2 is 2.17 bits per heavy atom. The Kier molecular flexibility index (Phi) is 3.79. The Labute approximate surface area is 141 Å². The van der Waals surface area contributed by atoms with E-state index in [0.29, 0.717) is 11.8 Å². The molecule has 2 aromatic heterocycles. The number of nitrogens with one attached hydrogen (secondary N) is 1. The van der Waals surface area contributed by atoms with E-state index < -0.39 is 0 Å². The lowest BCUT2D eigenvalue weighted by molar-refractivity contribution is 0.313. The number of H-pyrrole nitrogens is 1. The zero-order chi connectivity index (χ0) is 16.8. The van der Waals surface area contributed by atoms with E-state index in [2.05, 4.69) is 35.0 Å². The zero-order valence-electron chi connectivity index (χ0n) is 14.7. The third-order valence-corrected chi connectivity index (χ3v) is 5.56. The molecule has 6 nitrogen and oxygen atoms in total. The minimum absolute atomic E-state index is 0.0643. The fourth-order valence-corrected chi connectivity index (χ4v) is 4.32. The molecule has 0 unspecified atom stereocenters. The van der Waals surface area contributed by atoms with Crippen LogP contribution >= 0.6 is 0 Å². The molecule has 2 atom stereocenters. The Balaban J connectivity index is 1.57. The number of rotatable bonds is 3. The molecule has 1 aliphatic carbocycles. The van der Waals surface area contributed by atoms with E-state index in [4.69, 9.17) is 4.98 Å². The van der Waals surface area contributed by atoms with Crippen molar-refractivity contribution in [3.63, 3.8) is 0 Å². The highest BCUT2D eigenvalue weighted by Crippen LogP contribution is 2.39. The van der Waals surface area contributed by atoms with Gasteiger partial charge in [-0.25, -0.2) is 4.98 Å². The minimum Gasteiger partial charge on any atom is -0.311 e. The maximum atomic E-state index is 12.2. The molecule has 0 aromatic carbocycles. The number of fused-ring (bicyclic) bond motifs is 3. The monoisotopic (exact) mass is 327 g/mol. The smallest absolute Gasteiger partial charge is 0.254 e. The molecule has 3 heterocycles. The lowest BCUT2D eigenvalue weighted by Gasteiger charge is -2.25. The predicted octanol–water partition coefficient (Wildman–Crippen LogP) is 1.76. The Morgan fingerprint density at radius 1 is 1.33 bits per heavy atom. The Hall–Kier alpha value is -1.95.